The van der Waals surface area contributed by atoms with Gasteiger partial charge in [0, 0.05) is 6.42 Å². The van der Waals surface area contributed by atoms with Crippen molar-refractivity contribution < 1.29 is 0 Å². The van der Waals surface area contributed by atoms with Gasteiger partial charge >= 0.3 is 0 Å². The van der Waals surface area contributed by atoms with E-state index >= 15 is 0 Å². The van der Waals surface area contributed by atoms with Crippen molar-refractivity contribution in [3.8, 4) is 0 Å². The van der Waals surface area contributed by atoms with Crippen molar-refractivity contribution in [2.24, 2.45) is 23.2 Å². The molecule has 2 aromatic rings. The zero-order valence-corrected chi connectivity index (χ0v) is 12.6. The Bertz CT molecular complexity index is 769. The average molecular weight is 299 g/mol. The molecule has 4 N–H and O–H groups in total. The van der Waals surface area contributed by atoms with Gasteiger partial charge in [0.15, 0.2) is 11.2 Å². The summed E-state index contributed by atoms with van der Waals surface area (Å²) in [6.07, 6.45) is 9.28. The van der Waals surface area contributed by atoms with Crippen molar-refractivity contribution in [1.82, 2.24) is 19.9 Å². The second-order valence-corrected chi connectivity index (χ2v) is 7.93. The number of aromatic nitrogens is 4. The Morgan fingerprint density at radius 3 is 2.32 bits per heavy atom. The summed E-state index contributed by atoms with van der Waals surface area (Å²) in [7, 11) is 0. The summed E-state index contributed by atoms with van der Waals surface area (Å²) in [5.41, 5.74) is 6.67. The van der Waals surface area contributed by atoms with Gasteiger partial charge in [0.25, 0.3) is 5.56 Å². The summed E-state index contributed by atoms with van der Waals surface area (Å²) in [5, 5.41) is 0. The van der Waals surface area contributed by atoms with E-state index in [4.69, 9.17) is 5.73 Å². The molecule has 0 unspecified atom stereocenters. The number of anilines is 1. The third-order valence-corrected chi connectivity index (χ3v) is 6.14. The van der Waals surface area contributed by atoms with Crippen molar-refractivity contribution >= 4 is 17.1 Å². The number of H-pyrrole nitrogens is 2. The molecule has 0 amide bonds. The largest absolute Gasteiger partial charge is 0.369 e. The molecular formula is C16H21N5O. The molecule has 2 heterocycles. The molecule has 4 aliphatic rings. The summed E-state index contributed by atoms with van der Waals surface area (Å²) in [4.78, 5) is 26.3. The molecule has 4 saturated carbocycles. The Kier molecular flexibility index (Phi) is 2.37. The highest BCUT2D eigenvalue weighted by molar-refractivity contribution is 5.70. The first-order chi connectivity index (χ1) is 10.6. The lowest BCUT2D eigenvalue weighted by molar-refractivity contribution is -0.0530. The molecule has 0 atom stereocenters. The monoisotopic (exact) mass is 299 g/mol. The van der Waals surface area contributed by atoms with Crippen LogP contribution in [0.15, 0.2) is 4.79 Å². The van der Waals surface area contributed by atoms with Crippen molar-refractivity contribution in [3.05, 3.63) is 16.2 Å². The van der Waals surface area contributed by atoms with E-state index in [-0.39, 0.29) is 11.5 Å². The predicted octanol–water partition coefficient (Wildman–Crippen LogP) is 1.99. The Balaban J connectivity index is 1.51. The van der Waals surface area contributed by atoms with E-state index < -0.39 is 0 Å². The Hall–Kier alpha value is -1.85. The summed E-state index contributed by atoms with van der Waals surface area (Å²) in [6, 6.07) is 0. The van der Waals surface area contributed by atoms with E-state index in [9.17, 15) is 4.79 Å². The highest BCUT2D eigenvalue weighted by Gasteiger charge is 2.51. The second-order valence-electron chi connectivity index (χ2n) is 7.93. The number of aromatic amines is 2. The van der Waals surface area contributed by atoms with Crippen molar-refractivity contribution in [1.29, 1.82) is 0 Å². The SMILES string of the molecule is Nc1nc2nc(CC34CC5CC(CC(C5)C3)C4)[nH]c2c(=O)[nH]1. The highest BCUT2D eigenvalue weighted by Crippen LogP contribution is 2.60. The zero-order chi connectivity index (χ0) is 14.9. The van der Waals surface area contributed by atoms with E-state index in [0.717, 1.165) is 30.0 Å². The quantitative estimate of drug-likeness (QED) is 0.789. The molecule has 22 heavy (non-hydrogen) atoms. The van der Waals surface area contributed by atoms with Crippen LogP contribution >= 0.6 is 0 Å². The van der Waals surface area contributed by atoms with Gasteiger partial charge in [0.05, 0.1) is 0 Å². The number of hydrogen-bond donors (Lipinski definition) is 3. The standard InChI is InChI=1S/C16H21N5O/c17-15-20-13-12(14(22)21-15)18-11(19-13)7-16-4-8-1-9(5-16)3-10(2-8)6-16/h8-10H,1-7H2,(H4,17,18,19,20,21,22). The lowest BCUT2D eigenvalue weighted by Gasteiger charge is -2.56. The van der Waals surface area contributed by atoms with Gasteiger partial charge in [0.2, 0.25) is 5.95 Å². The summed E-state index contributed by atoms with van der Waals surface area (Å²) in [6.45, 7) is 0. The number of nitrogens with two attached hydrogens (primary N) is 1. The topological polar surface area (TPSA) is 100 Å². The lowest BCUT2D eigenvalue weighted by Crippen LogP contribution is -2.47. The number of fused-ring (bicyclic) bond motifs is 1. The molecule has 0 saturated heterocycles. The Morgan fingerprint density at radius 2 is 1.68 bits per heavy atom. The minimum atomic E-state index is -0.230. The summed E-state index contributed by atoms with van der Waals surface area (Å²) in [5.74, 6) is 3.80. The number of nitrogens with one attached hydrogen (secondary N) is 2. The van der Waals surface area contributed by atoms with Crippen LogP contribution in [0.25, 0.3) is 11.2 Å². The van der Waals surface area contributed by atoms with Crippen molar-refractivity contribution in [2.45, 2.75) is 44.9 Å². The second kappa shape index (κ2) is 4.12. The Morgan fingerprint density at radius 1 is 1.05 bits per heavy atom. The van der Waals surface area contributed by atoms with E-state index in [1.54, 1.807) is 0 Å². The van der Waals surface area contributed by atoms with E-state index in [2.05, 4.69) is 19.9 Å². The maximum atomic E-state index is 11.9. The van der Waals surface area contributed by atoms with Crippen LogP contribution in [0.4, 0.5) is 5.95 Å². The number of nitrogens with zero attached hydrogens (tertiary/aromatic N) is 2. The summed E-state index contributed by atoms with van der Waals surface area (Å²) >= 11 is 0. The number of nitrogen functional groups attached to an aromatic ring is 1. The molecule has 4 fully saturated rings. The minimum Gasteiger partial charge on any atom is -0.369 e. The van der Waals surface area contributed by atoms with Crippen LogP contribution in [-0.2, 0) is 6.42 Å². The van der Waals surface area contributed by atoms with Crippen LogP contribution in [-0.4, -0.2) is 19.9 Å². The molecule has 4 aliphatic carbocycles. The molecule has 6 nitrogen and oxygen atoms in total. The molecule has 2 aromatic heterocycles. The number of rotatable bonds is 2. The van der Waals surface area contributed by atoms with Crippen LogP contribution in [0.5, 0.6) is 0 Å². The van der Waals surface area contributed by atoms with E-state index in [1.165, 1.54) is 38.5 Å². The van der Waals surface area contributed by atoms with Gasteiger partial charge in [-0.25, -0.2) is 4.98 Å². The molecule has 116 valence electrons. The average Bonchev–Trinajstić information content (AvgIpc) is 2.78. The molecule has 0 spiro atoms. The molecule has 0 aliphatic heterocycles. The van der Waals surface area contributed by atoms with Gasteiger partial charge in [-0.1, -0.05) is 0 Å². The third-order valence-electron chi connectivity index (χ3n) is 6.14. The van der Waals surface area contributed by atoms with Crippen LogP contribution in [0.1, 0.15) is 44.3 Å². The lowest BCUT2D eigenvalue weighted by atomic mass is 9.49. The molecule has 6 heteroatoms. The first-order valence-electron chi connectivity index (χ1n) is 8.33. The van der Waals surface area contributed by atoms with Crippen molar-refractivity contribution in [2.75, 3.05) is 5.73 Å². The fourth-order valence-electron chi connectivity index (χ4n) is 5.92. The van der Waals surface area contributed by atoms with Crippen LogP contribution in [0, 0.1) is 23.2 Å². The molecule has 6 rings (SSSR count). The molecular weight excluding hydrogens is 278 g/mol. The maximum Gasteiger partial charge on any atom is 0.278 e. The Labute approximate surface area is 127 Å². The number of imidazole rings is 1. The van der Waals surface area contributed by atoms with Gasteiger partial charge in [-0.15, -0.1) is 0 Å². The van der Waals surface area contributed by atoms with Crippen LogP contribution in [0.3, 0.4) is 0 Å². The fourth-order valence-corrected chi connectivity index (χ4v) is 5.92. The molecule has 4 bridgehead atoms. The van der Waals surface area contributed by atoms with Gasteiger partial charge in [0.1, 0.15) is 5.82 Å². The zero-order valence-electron chi connectivity index (χ0n) is 12.6. The van der Waals surface area contributed by atoms with E-state index in [0.29, 0.717) is 16.6 Å². The fraction of sp³-hybridized carbons (Fsp3) is 0.688. The molecule has 0 aromatic carbocycles. The third kappa shape index (κ3) is 1.82. The molecule has 0 radical (unpaired) electrons. The van der Waals surface area contributed by atoms with Gasteiger partial charge < -0.3 is 10.7 Å². The first kappa shape index (κ1) is 12.7. The van der Waals surface area contributed by atoms with Gasteiger partial charge in [-0.3, -0.25) is 9.78 Å². The first-order valence-corrected chi connectivity index (χ1v) is 8.33. The summed E-state index contributed by atoms with van der Waals surface area (Å²) < 4.78 is 0. The van der Waals surface area contributed by atoms with Gasteiger partial charge in [-0.05, 0) is 61.7 Å². The maximum absolute atomic E-state index is 11.9. The number of hydrogen-bond acceptors (Lipinski definition) is 4. The normalized spacial score (nSPS) is 36.3. The highest BCUT2D eigenvalue weighted by atomic mass is 16.1. The van der Waals surface area contributed by atoms with E-state index in [1.807, 2.05) is 0 Å². The minimum absolute atomic E-state index is 0.130. The van der Waals surface area contributed by atoms with Crippen molar-refractivity contribution in [3.63, 3.8) is 0 Å². The smallest absolute Gasteiger partial charge is 0.278 e. The van der Waals surface area contributed by atoms with Crippen LogP contribution in [0.2, 0.25) is 0 Å². The van der Waals surface area contributed by atoms with Gasteiger partial charge in [-0.2, -0.15) is 4.98 Å². The predicted molar refractivity (Wildman–Crippen MR) is 83.2 cm³/mol. The van der Waals surface area contributed by atoms with Crippen LogP contribution < -0.4 is 11.3 Å².